The van der Waals surface area contributed by atoms with E-state index >= 15 is 0 Å². The van der Waals surface area contributed by atoms with Crippen molar-refractivity contribution in [2.75, 3.05) is 26.2 Å². The van der Waals surface area contributed by atoms with Gasteiger partial charge in [-0.15, -0.1) is 0 Å². The van der Waals surface area contributed by atoms with E-state index in [0.717, 1.165) is 0 Å². The maximum Gasteiger partial charge on any atom is 0.404 e. The van der Waals surface area contributed by atoms with Crippen LogP contribution in [0, 0.1) is 5.41 Å². The largest absolute Gasteiger partial charge is 0.404 e. The monoisotopic (exact) mass is 224 g/mol. The van der Waals surface area contributed by atoms with Gasteiger partial charge < -0.3 is 5.32 Å². The Bertz CT molecular complexity index is 188. The van der Waals surface area contributed by atoms with E-state index in [1.807, 2.05) is 0 Å². The van der Waals surface area contributed by atoms with Gasteiger partial charge in [0, 0.05) is 26.2 Å². The summed E-state index contributed by atoms with van der Waals surface area (Å²) in [7, 11) is 0. The second-order valence-electron chi connectivity index (χ2n) is 5.10. The SMILES string of the molecule is CC(C)(C)[C@H](N1CCNCC1)C(F)(F)F. The smallest absolute Gasteiger partial charge is 0.314 e. The molecule has 0 saturated carbocycles. The Kier molecular flexibility index (Phi) is 3.66. The summed E-state index contributed by atoms with van der Waals surface area (Å²) in [4.78, 5) is 1.54. The highest BCUT2D eigenvalue weighted by Crippen LogP contribution is 2.37. The molecule has 1 aliphatic heterocycles. The molecule has 1 fully saturated rings. The van der Waals surface area contributed by atoms with Gasteiger partial charge in [0.2, 0.25) is 0 Å². The molecule has 1 rings (SSSR count). The van der Waals surface area contributed by atoms with Gasteiger partial charge in [-0.25, -0.2) is 0 Å². The van der Waals surface area contributed by atoms with Gasteiger partial charge in [0.05, 0.1) is 0 Å². The van der Waals surface area contributed by atoms with E-state index in [9.17, 15) is 13.2 Å². The molecular weight excluding hydrogens is 205 g/mol. The first kappa shape index (κ1) is 12.8. The highest BCUT2D eigenvalue weighted by atomic mass is 19.4. The van der Waals surface area contributed by atoms with Gasteiger partial charge in [0.25, 0.3) is 0 Å². The predicted molar refractivity (Wildman–Crippen MR) is 53.7 cm³/mol. The van der Waals surface area contributed by atoms with Crippen molar-refractivity contribution in [2.24, 2.45) is 5.41 Å². The second-order valence-corrected chi connectivity index (χ2v) is 5.10. The van der Waals surface area contributed by atoms with Crippen molar-refractivity contribution >= 4 is 0 Å². The minimum Gasteiger partial charge on any atom is -0.314 e. The number of nitrogens with zero attached hydrogens (tertiary/aromatic N) is 1. The molecule has 0 aliphatic carbocycles. The number of rotatable bonds is 1. The number of alkyl halides is 3. The molecule has 1 heterocycles. The molecule has 2 nitrogen and oxygen atoms in total. The molecule has 15 heavy (non-hydrogen) atoms. The third-order valence-corrected chi connectivity index (χ3v) is 2.65. The summed E-state index contributed by atoms with van der Waals surface area (Å²) < 4.78 is 38.8. The van der Waals surface area contributed by atoms with Gasteiger partial charge in [-0.05, 0) is 5.41 Å². The molecule has 5 heteroatoms. The zero-order valence-corrected chi connectivity index (χ0v) is 9.49. The van der Waals surface area contributed by atoms with Gasteiger partial charge in [-0.3, -0.25) is 4.90 Å². The van der Waals surface area contributed by atoms with Crippen LogP contribution in [-0.4, -0.2) is 43.3 Å². The van der Waals surface area contributed by atoms with Crippen molar-refractivity contribution < 1.29 is 13.2 Å². The van der Waals surface area contributed by atoms with E-state index in [-0.39, 0.29) is 0 Å². The molecule has 0 radical (unpaired) electrons. The number of hydrogen-bond donors (Lipinski definition) is 1. The lowest BCUT2D eigenvalue weighted by molar-refractivity contribution is -0.210. The van der Waals surface area contributed by atoms with Crippen LogP contribution in [-0.2, 0) is 0 Å². The van der Waals surface area contributed by atoms with Crippen molar-refractivity contribution in [3.8, 4) is 0 Å². The first-order valence-electron chi connectivity index (χ1n) is 5.24. The van der Waals surface area contributed by atoms with Gasteiger partial charge in [-0.2, -0.15) is 13.2 Å². The summed E-state index contributed by atoms with van der Waals surface area (Å²) in [6.07, 6.45) is -4.14. The van der Waals surface area contributed by atoms with E-state index in [0.29, 0.717) is 26.2 Å². The standard InChI is InChI=1S/C10H19F3N2/c1-9(2,3)8(10(11,12)13)15-6-4-14-5-7-15/h8,14H,4-7H2,1-3H3/t8-/m0/s1. The molecule has 0 aromatic heterocycles. The van der Waals surface area contributed by atoms with Crippen LogP contribution in [0.3, 0.4) is 0 Å². The number of nitrogens with one attached hydrogen (secondary N) is 1. The fourth-order valence-electron chi connectivity index (χ4n) is 2.19. The summed E-state index contributed by atoms with van der Waals surface area (Å²) >= 11 is 0. The van der Waals surface area contributed by atoms with Crippen molar-refractivity contribution in [2.45, 2.75) is 33.0 Å². The summed E-state index contributed by atoms with van der Waals surface area (Å²) in [5.74, 6) is 0. The lowest BCUT2D eigenvalue weighted by Crippen LogP contribution is -2.58. The quantitative estimate of drug-likeness (QED) is 0.731. The van der Waals surface area contributed by atoms with E-state index < -0.39 is 17.6 Å². The molecule has 0 spiro atoms. The van der Waals surface area contributed by atoms with E-state index in [1.165, 1.54) is 4.90 Å². The molecule has 1 aliphatic rings. The Morgan fingerprint density at radius 2 is 1.53 bits per heavy atom. The van der Waals surface area contributed by atoms with E-state index in [4.69, 9.17) is 0 Å². The fraction of sp³-hybridized carbons (Fsp3) is 1.00. The van der Waals surface area contributed by atoms with Gasteiger partial charge >= 0.3 is 6.18 Å². The molecule has 90 valence electrons. The molecular formula is C10H19F3N2. The van der Waals surface area contributed by atoms with Crippen molar-refractivity contribution in [3.63, 3.8) is 0 Å². The number of halogens is 3. The van der Waals surface area contributed by atoms with Crippen LogP contribution < -0.4 is 5.32 Å². The third-order valence-electron chi connectivity index (χ3n) is 2.65. The predicted octanol–water partition coefficient (Wildman–Crippen LogP) is 1.87. The van der Waals surface area contributed by atoms with Crippen LogP contribution in [0.5, 0.6) is 0 Å². The molecule has 1 saturated heterocycles. The summed E-state index contributed by atoms with van der Waals surface area (Å²) in [6.45, 7) is 7.17. The normalized spacial score (nSPS) is 22.8. The molecule has 0 bridgehead atoms. The average Bonchev–Trinajstić information content (AvgIpc) is 2.00. The molecule has 1 N–H and O–H groups in total. The zero-order valence-electron chi connectivity index (χ0n) is 9.49. The lowest BCUT2D eigenvalue weighted by Gasteiger charge is -2.42. The van der Waals surface area contributed by atoms with Crippen LogP contribution in [0.25, 0.3) is 0 Å². The lowest BCUT2D eigenvalue weighted by atomic mass is 9.85. The minimum absolute atomic E-state index is 0.474. The minimum atomic E-state index is -4.14. The highest BCUT2D eigenvalue weighted by Gasteiger charge is 2.50. The van der Waals surface area contributed by atoms with Crippen LogP contribution in [0.1, 0.15) is 20.8 Å². The second kappa shape index (κ2) is 4.29. The Morgan fingerprint density at radius 1 is 1.07 bits per heavy atom. The van der Waals surface area contributed by atoms with E-state index in [2.05, 4.69) is 5.32 Å². The van der Waals surface area contributed by atoms with E-state index in [1.54, 1.807) is 20.8 Å². The fourth-order valence-corrected chi connectivity index (χ4v) is 2.19. The summed E-state index contributed by atoms with van der Waals surface area (Å²) in [5, 5.41) is 3.06. The molecule has 0 unspecified atom stereocenters. The molecule has 0 amide bonds. The topological polar surface area (TPSA) is 15.3 Å². The number of hydrogen-bond acceptors (Lipinski definition) is 2. The Morgan fingerprint density at radius 3 is 1.87 bits per heavy atom. The first-order chi connectivity index (χ1) is 6.73. The average molecular weight is 224 g/mol. The van der Waals surface area contributed by atoms with Crippen molar-refractivity contribution in [1.29, 1.82) is 0 Å². The van der Waals surface area contributed by atoms with Crippen molar-refractivity contribution in [3.05, 3.63) is 0 Å². The highest BCUT2D eigenvalue weighted by molar-refractivity contribution is 4.90. The van der Waals surface area contributed by atoms with Crippen molar-refractivity contribution in [1.82, 2.24) is 10.2 Å². The molecule has 0 aromatic carbocycles. The maximum absolute atomic E-state index is 12.9. The van der Waals surface area contributed by atoms with Gasteiger partial charge in [0.15, 0.2) is 0 Å². The van der Waals surface area contributed by atoms with Gasteiger partial charge in [0.1, 0.15) is 6.04 Å². The van der Waals surface area contributed by atoms with Crippen LogP contribution >= 0.6 is 0 Å². The van der Waals surface area contributed by atoms with Crippen LogP contribution in [0.15, 0.2) is 0 Å². The van der Waals surface area contributed by atoms with Crippen LogP contribution in [0.2, 0.25) is 0 Å². The third kappa shape index (κ3) is 3.34. The van der Waals surface area contributed by atoms with Gasteiger partial charge in [-0.1, -0.05) is 20.8 Å². The first-order valence-corrected chi connectivity index (χ1v) is 5.24. The zero-order chi connectivity index (χ0) is 11.7. The molecule has 1 atom stereocenters. The van der Waals surface area contributed by atoms with Crippen LogP contribution in [0.4, 0.5) is 13.2 Å². The Balaban J connectivity index is 2.80. The number of piperazine rings is 1. The summed E-state index contributed by atoms with van der Waals surface area (Å²) in [6, 6.07) is -1.34. The Hall–Kier alpha value is -0.290. The molecule has 0 aromatic rings. The Labute approximate surface area is 88.8 Å². The summed E-state index contributed by atoms with van der Waals surface area (Å²) in [5.41, 5.74) is -0.768. The maximum atomic E-state index is 12.9.